The van der Waals surface area contributed by atoms with E-state index in [1.165, 1.54) is 0 Å². The number of likely N-dealkylation sites (N-methyl/N-ethyl adjacent to an activating group) is 1. The van der Waals surface area contributed by atoms with E-state index < -0.39 is 11.4 Å². The van der Waals surface area contributed by atoms with Gasteiger partial charge in [-0.25, -0.2) is 4.79 Å². The van der Waals surface area contributed by atoms with E-state index in [1.54, 1.807) is 31.3 Å². The van der Waals surface area contributed by atoms with Gasteiger partial charge in [0.2, 0.25) is 0 Å². The van der Waals surface area contributed by atoms with Gasteiger partial charge in [0.05, 0.1) is 13.5 Å². The fourth-order valence-electron chi connectivity index (χ4n) is 5.86. The quantitative estimate of drug-likeness (QED) is 0.150. The molecule has 0 aliphatic heterocycles. The molecule has 1 aliphatic rings. The van der Waals surface area contributed by atoms with Crippen LogP contribution in [0.5, 0.6) is 0 Å². The van der Waals surface area contributed by atoms with Crippen LogP contribution in [0.3, 0.4) is 0 Å². The highest BCUT2D eigenvalue weighted by Crippen LogP contribution is 2.34. The molecular weight excluding hydrogens is 546 g/mol. The van der Waals surface area contributed by atoms with Crippen molar-refractivity contribution >= 4 is 40.0 Å². The molecule has 0 saturated heterocycles. The molecule has 0 radical (unpaired) electrons. The second kappa shape index (κ2) is 12.6. The Morgan fingerprint density at radius 3 is 2.33 bits per heavy atom. The number of amides is 2. The molecular formula is C35H37ClN3O3+. The molecule has 0 spiro atoms. The normalized spacial score (nSPS) is 20.0. The van der Waals surface area contributed by atoms with Gasteiger partial charge in [-0.2, -0.15) is 10.0 Å². The Morgan fingerprint density at radius 1 is 0.905 bits per heavy atom. The molecule has 4 aromatic carbocycles. The van der Waals surface area contributed by atoms with Gasteiger partial charge >= 0.3 is 5.91 Å². The monoisotopic (exact) mass is 582 g/mol. The highest BCUT2D eigenvalue weighted by Gasteiger charge is 2.46. The van der Waals surface area contributed by atoms with Crippen molar-refractivity contribution in [3.63, 3.8) is 0 Å². The van der Waals surface area contributed by atoms with Crippen LogP contribution in [0.25, 0.3) is 10.8 Å². The Balaban J connectivity index is 1.35. The first-order chi connectivity index (χ1) is 20.1. The average molecular weight is 583 g/mol. The number of fused-ring (bicyclic) bond motifs is 1. The van der Waals surface area contributed by atoms with Gasteiger partial charge in [-0.05, 0) is 65.4 Å². The maximum absolute atomic E-state index is 13.9. The molecule has 6 nitrogen and oxygen atoms in total. The van der Waals surface area contributed by atoms with Crippen molar-refractivity contribution in [3.8, 4) is 0 Å². The van der Waals surface area contributed by atoms with Crippen LogP contribution in [0.15, 0.2) is 97.1 Å². The molecule has 1 aliphatic carbocycles. The van der Waals surface area contributed by atoms with Crippen LogP contribution in [0.2, 0.25) is 5.02 Å². The molecule has 5 rings (SSSR count). The first-order valence-corrected chi connectivity index (χ1v) is 14.8. The number of carbonyl (C=O) groups excluding carboxylic acids is 3. The molecule has 2 amide bonds. The van der Waals surface area contributed by atoms with Crippen molar-refractivity contribution < 1.29 is 19.0 Å². The summed E-state index contributed by atoms with van der Waals surface area (Å²) >= 11 is 6.00. The largest absolute Gasteiger partial charge is 0.342 e. The second-order valence-corrected chi connectivity index (χ2v) is 12.1. The lowest BCUT2D eigenvalue weighted by molar-refractivity contribution is -0.870. The number of halogens is 1. The van der Waals surface area contributed by atoms with Crippen LogP contribution in [-0.2, 0) is 22.4 Å². The number of hydrogen-bond acceptors (Lipinski definition) is 4. The van der Waals surface area contributed by atoms with Crippen molar-refractivity contribution in [1.82, 2.24) is 5.43 Å². The number of nitrogens with two attached hydrogens (primary N) is 1. The molecule has 7 heteroatoms. The lowest BCUT2D eigenvalue weighted by Gasteiger charge is -2.39. The van der Waals surface area contributed by atoms with Crippen LogP contribution in [-0.4, -0.2) is 41.3 Å². The number of hydrogen-bond donors (Lipinski definition) is 2. The summed E-state index contributed by atoms with van der Waals surface area (Å²) in [5.74, 6) is -0.961. The van der Waals surface area contributed by atoms with E-state index in [9.17, 15) is 14.4 Å². The third-order valence-electron chi connectivity index (χ3n) is 8.50. The van der Waals surface area contributed by atoms with E-state index >= 15 is 0 Å². The number of Topliss-reactive ketones (excluding diaryl/α,β-unsaturated/α-hetero) is 1. The number of quaternary nitrogens is 1. The third kappa shape index (κ3) is 6.79. The zero-order valence-corrected chi connectivity index (χ0v) is 24.6. The van der Waals surface area contributed by atoms with Crippen molar-refractivity contribution in [2.24, 2.45) is 11.7 Å². The van der Waals surface area contributed by atoms with Crippen molar-refractivity contribution in [1.29, 1.82) is 0 Å². The molecule has 216 valence electrons. The van der Waals surface area contributed by atoms with Gasteiger partial charge in [-0.15, -0.1) is 0 Å². The Hall–Kier alpha value is -3.84. The molecule has 3 unspecified atom stereocenters. The third-order valence-corrected chi connectivity index (χ3v) is 8.75. The highest BCUT2D eigenvalue weighted by molar-refractivity contribution is 6.30. The van der Waals surface area contributed by atoms with Gasteiger partial charge in [0.25, 0.3) is 5.91 Å². The standard InChI is InChI=1S/C35H36ClN3O3/c1-39(32(40)23-25-8-3-2-4-9-25,21-19-26-13-14-27-10-5-6-11-29(27)22-26)38-34(42)35(37)20-7-12-30(24-35)33(41)28-15-17-31(36)18-16-28/h2-6,8-11,13-18,22,30H,7,12,19-21,23-24,37H2,1H3/p+1. The summed E-state index contributed by atoms with van der Waals surface area (Å²) in [4.78, 5) is 41.0. The minimum atomic E-state index is -1.26. The summed E-state index contributed by atoms with van der Waals surface area (Å²) in [5.41, 5.74) is 11.0. The van der Waals surface area contributed by atoms with E-state index in [-0.39, 0.29) is 35.0 Å². The lowest BCUT2D eigenvalue weighted by Crippen LogP contribution is -2.68. The van der Waals surface area contributed by atoms with Gasteiger partial charge in [0.1, 0.15) is 12.1 Å². The maximum Gasteiger partial charge on any atom is 0.342 e. The number of ketones is 1. The fourth-order valence-corrected chi connectivity index (χ4v) is 5.98. The summed E-state index contributed by atoms with van der Waals surface area (Å²) in [6.07, 6.45) is 2.72. The zero-order valence-electron chi connectivity index (χ0n) is 23.9. The number of nitrogens with zero attached hydrogens (tertiary/aromatic N) is 1. The molecule has 0 bridgehead atoms. The summed E-state index contributed by atoms with van der Waals surface area (Å²) in [6.45, 7) is 0.360. The number of rotatable bonds is 8. The zero-order chi connectivity index (χ0) is 29.7. The summed E-state index contributed by atoms with van der Waals surface area (Å²) in [7, 11) is 1.74. The summed E-state index contributed by atoms with van der Waals surface area (Å²) < 4.78 is -0.296. The Bertz CT molecular complexity index is 1590. The molecule has 3 atom stereocenters. The molecule has 0 aromatic heterocycles. The highest BCUT2D eigenvalue weighted by atomic mass is 35.5. The molecule has 4 aromatic rings. The number of benzene rings is 4. The van der Waals surface area contributed by atoms with E-state index in [0.717, 1.165) is 21.9 Å². The van der Waals surface area contributed by atoms with Gasteiger partial charge in [0, 0.05) is 22.9 Å². The van der Waals surface area contributed by atoms with Gasteiger partial charge in [-0.3, -0.25) is 9.59 Å². The minimum Gasteiger partial charge on any atom is -0.317 e. The SMILES string of the molecule is C[N+](CCc1ccc2ccccc2c1)(NC(=O)C1(N)CCCC(C(=O)c2ccc(Cl)cc2)C1)C(=O)Cc1ccccc1. The molecule has 0 heterocycles. The first kappa shape index (κ1) is 29.6. The Kier molecular flexibility index (Phi) is 8.88. The van der Waals surface area contributed by atoms with Crippen LogP contribution < -0.4 is 11.2 Å². The predicted octanol–water partition coefficient (Wildman–Crippen LogP) is 6.05. The van der Waals surface area contributed by atoms with Crippen LogP contribution >= 0.6 is 11.6 Å². The summed E-state index contributed by atoms with van der Waals surface area (Å²) in [5, 5.41) is 2.84. The average Bonchev–Trinajstić information content (AvgIpc) is 3.00. The van der Waals surface area contributed by atoms with Gasteiger partial charge < -0.3 is 5.73 Å². The second-order valence-electron chi connectivity index (χ2n) is 11.7. The van der Waals surface area contributed by atoms with Crippen molar-refractivity contribution in [2.45, 2.75) is 44.1 Å². The predicted molar refractivity (Wildman–Crippen MR) is 167 cm³/mol. The Morgan fingerprint density at radius 2 is 1.60 bits per heavy atom. The smallest absolute Gasteiger partial charge is 0.317 e. The molecule has 3 N–H and O–H groups in total. The van der Waals surface area contributed by atoms with Crippen molar-refractivity contribution in [2.75, 3.05) is 13.6 Å². The van der Waals surface area contributed by atoms with E-state index in [2.05, 4.69) is 35.8 Å². The van der Waals surface area contributed by atoms with E-state index in [4.69, 9.17) is 17.3 Å². The Labute approximate surface area is 252 Å². The van der Waals surface area contributed by atoms with Crippen LogP contribution in [0, 0.1) is 5.92 Å². The van der Waals surface area contributed by atoms with E-state index in [1.807, 2.05) is 42.5 Å². The van der Waals surface area contributed by atoms with Gasteiger partial charge in [-0.1, -0.05) is 90.8 Å². The topological polar surface area (TPSA) is 89.3 Å². The number of nitrogens with one attached hydrogen (secondary N) is 1. The minimum absolute atomic E-state index is 0.0392. The van der Waals surface area contributed by atoms with Crippen LogP contribution in [0.1, 0.15) is 47.2 Å². The maximum atomic E-state index is 13.9. The van der Waals surface area contributed by atoms with Crippen LogP contribution in [0.4, 0.5) is 0 Å². The fraction of sp³-hybridized carbons (Fsp3) is 0.286. The first-order valence-electron chi connectivity index (χ1n) is 14.5. The summed E-state index contributed by atoms with van der Waals surface area (Å²) in [6, 6.07) is 30.7. The lowest BCUT2D eigenvalue weighted by atomic mass is 9.73. The molecule has 1 fully saturated rings. The van der Waals surface area contributed by atoms with Crippen molar-refractivity contribution in [3.05, 3.63) is 119 Å². The van der Waals surface area contributed by atoms with Gasteiger partial charge in [0.15, 0.2) is 5.78 Å². The number of carbonyl (C=O) groups is 3. The molecule has 1 saturated carbocycles. The van der Waals surface area contributed by atoms with E-state index in [0.29, 0.717) is 42.8 Å². The molecule has 42 heavy (non-hydrogen) atoms.